The van der Waals surface area contributed by atoms with Crippen molar-refractivity contribution >= 4 is 34.5 Å². The summed E-state index contributed by atoms with van der Waals surface area (Å²) in [6, 6.07) is 8.21. The summed E-state index contributed by atoms with van der Waals surface area (Å²) in [5.74, 6) is 1.38. The lowest BCUT2D eigenvalue weighted by molar-refractivity contribution is -0.124. The molecule has 3 N–H and O–H groups in total. The lowest BCUT2D eigenvalue weighted by Gasteiger charge is -2.50. The van der Waals surface area contributed by atoms with Gasteiger partial charge >= 0.3 is 0 Å². The molecule has 1 saturated carbocycles. The summed E-state index contributed by atoms with van der Waals surface area (Å²) in [5.41, 5.74) is 2.22. The van der Waals surface area contributed by atoms with Gasteiger partial charge in [0.25, 0.3) is 0 Å². The molecule has 2 atom stereocenters. The van der Waals surface area contributed by atoms with Crippen molar-refractivity contribution in [2.45, 2.75) is 48.1 Å². The topological polar surface area (TPSA) is 117 Å². The zero-order chi connectivity index (χ0) is 22.8. The second-order valence-electron chi connectivity index (χ2n) is 9.59. The van der Waals surface area contributed by atoms with Gasteiger partial charge in [0.2, 0.25) is 16.8 Å². The van der Waals surface area contributed by atoms with Crippen molar-refractivity contribution in [2.24, 2.45) is 0 Å². The Morgan fingerprint density at radius 2 is 2.09 bits per heavy atom. The van der Waals surface area contributed by atoms with E-state index in [1.54, 1.807) is 4.90 Å². The van der Waals surface area contributed by atoms with E-state index in [0.717, 1.165) is 36.2 Å². The van der Waals surface area contributed by atoms with Gasteiger partial charge in [0.05, 0.1) is 30.8 Å². The Bertz CT molecular complexity index is 1130. The third kappa shape index (κ3) is 3.30. The van der Waals surface area contributed by atoms with E-state index < -0.39 is 16.7 Å². The standard InChI is InChI=1S/C23H28N6O3S/c1-28-14-24-16-5-3-2-4-15(16)23(28)9-10-29(18(31)12-23)21-25-17-6-11-33(32)19(17)20(26-21)27-22(13-30)7-8-22/h2-5,24,30H,6-14H2,1H3,(H,25,26,27). The summed E-state index contributed by atoms with van der Waals surface area (Å²) in [6.45, 7) is 1.19. The van der Waals surface area contributed by atoms with Gasteiger partial charge in [0.1, 0.15) is 11.4 Å². The number of nitrogens with one attached hydrogen (secondary N) is 2. The Labute approximate surface area is 195 Å². The highest BCUT2D eigenvalue weighted by Gasteiger charge is 2.48. The van der Waals surface area contributed by atoms with Gasteiger partial charge in [-0.25, -0.2) is 4.98 Å². The Morgan fingerprint density at radius 3 is 2.85 bits per heavy atom. The second-order valence-corrected chi connectivity index (χ2v) is 11.1. The molecule has 4 aliphatic rings. The van der Waals surface area contributed by atoms with Crippen LogP contribution in [0.25, 0.3) is 0 Å². The first-order chi connectivity index (χ1) is 15.9. The molecule has 6 rings (SSSR count). The number of aliphatic hydroxyl groups excluding tert-OH is 1. The molecule has 1 spiro atoms. The summed E-state index contributed by atoms with van der Waals surface area (Å²) >= 11 is -1.17. The summed E-state index contributed by atoms with van der Waals surface area (Å²) in [6.07, 6.45) is 3.40. The van der Waals surface area contributed by atoms with Crippen LogP contribution >= 0.6 is 0 Å². The number of aliphatic hydroxyl groups is 1. The molecule has 1 saturated heterocycles. The molecule has 3 aliphatic heterocycles. The molecule has 1 aromatic heterocycles. The van der Waals surface area contributed by atoms with E-state index in [4.69, 9.17) is 4.98 Å². The number of aromatic nitrogens is 2. The summed E-state index contributed by atoms with van der Waals surface area (Å²) < 4.78 is 12.6. The first kappa shape index (κ1) is 21.2. The van der Waals surface area contributed by atoms with Crippen LogP contribution in [0, 0.1) is 0 Å². The number of carbonyl (C=O) groups excluding carboxylic acids is 1. The lowest BCUT2D eigenvalue weighted by Crippen LogP contribution is -2.57. The predicted molar refractivity (Wildman–Crippen MR) is 126 cm³/mol. The lowest BCUT2D eigenvalue weighted by atomic mass is 9.77. The average Bonchev–Trinajstić information content (AvgIpc) is 3.50. The second kappa shape index (κ2) is 7.56. The molecule has 2 unspecified atom stereocenters. The smallest absolute Gasteiger partial charge is 0.234 e. The van der Waals surface area contributed by atoms with Gasteiger partial charge in [-0.05, 0) is 49.1 Å². The number of para-hydroxylation sites is 1. The van der Waals surface area contributed by atoms with E-state index in [9.17, 15) is 14.5 Å². The van der Waals surface area contributed by atoms with Crippen LogP contribution in [0.1, 0.15) is 36.9 Å². The number of anilines is 3. The highest BCUT2D eigenvalue weighted by atomic mass is 32.2. The van der Waals surface area contributed by atoms with Gasteiger partial charge in [-0.1, -0.05) is 18.2 Å². The van der Waals surface area contributed by atoms with Crippen molar-refractivity contribution in [3.63, 3.8) is 0 Å². The largest absolute Gasteiger partial charge is 0.611 e. The van der Waals surface area contributed by atoms with Crippen molar-refractivity contribution in [1.82, 2.24) is 14.9 Å². The van der Waals surface area contributed by atoms with Gasteiger partial charge < -0.3 is 20.3 Å². The van der Waals surface area contributed by atoms with Crippen LogP contribution in [0.15, 0.2) is 29.2 Å². The Morgan fingerprint density at radius 1 is 1.27 bits per heavy atom. The molecule has 4 heterocycles. The monoisotopic (exact) mass is 468 g/mol. The SMILES string of the molecule is CN1CNc2ccccc2C12CCN(c1nc3c(c(NC4(CO)CC4)n1)[S+]([O-])CC3)C(=O)C2. The highest BCUT2D eigenvalue weighted by Crippen LogP contribution is 2.46. The normalized spacial score (nSPS) is 27.8. The van der Waals surface area contributed by atoms with Gasteiger partial charge in [-0.3, -0.25) is 14.6 Å². The molecule has 2 aromatic rings. The molecule has 174 valence electrons. The van der Waals surface area contributed by atoms with Gasteiger partial charge in [-0.15, -0.1) is 0 Å². The van der Waals surface area contributed by atoms with Crippen LogP contribution in [0.3, 0.4) is 0 Å². The number of hydrogen-bond donors (Lipinski definition) is 3. The fourth-order valence-electron chi connectivity index (χ4n) is 5.34. The van der Waals surface area contributed by atoms with Gasteiger partial charge in [0, 0.05) is 18.7 Å². The number of benzene rings is 1. The van der Waals surface area contributed by atoms with Crippen molar-refractivity contribution in [1.29, 1.82) is 0 Å². The number of aryl methyl sites for hydroxylation is 1. The minimum absolute atomic E-state index is 0.00130. The quantitative estimate of drug-likeness (QED) is 0.577. The number of rotatable bonds is 4. The number of carbonyl (C=O) groups is 1. The zero-order valence-electron chi connectivity index (χ0n) is 18.6. The van der Waals surface area contributed by atoms with E-state index in [2.05, 4.69) is 39.7 Å². The number of nitrogens with zero attached hydrogens (tertiary/aromatic N) is 4. The van der Waals surface area contributed by atoms with Crippen molar-refractivity contribution in [3.05, 3.63) is 35.5 Å². The average molecular weight is 469 g/mol. The molecule has 33 heavy (non-hydrogen) atoms. The third-order valence-electron chi connectivity index (χ3n) is 7.62. The number of piperidine rings is 1. The molecule has 2 fully saturated rings. The van der Waals surface area contributed by atoms with E-state index in [1.807, 2.05) is 12.1 Å². The predicted octanol–water partition coefficient (Wildman–Crippen LogP) is 1.41. The number of hydrogen-bond acceptors (Lipinski definition) is 8. The minimum Gasteiger partial charge on any atom is -0.611 e. The van der Waals surface area contributed by atoms with Crippen LogP contribution in [-0.4, -0.2) is 68.6 Å². The molecule has 0 radical (unpaired) electrons. The van der Waals surface area contributed by atoms with Crippen molar-refractivity contribution in [3.8, 4) is 0 Å². The van der Waals surface area contributed by atoms with E-state index >= 15 is 0 Å². The first-order valence-electron chi connectivity index (χ1n) is 11.5. The number of fused-ring (bicyclic) bond motifs is 3. The van der Waals surface area contributed by atoms with E-state index in [1.165, 1.54) is 0 Å². The third-order valence-corrected chi connectivity index (χ3v) is 9.08. The fraction of sp³-hybridized carbons (Fsp3) is 0.522. The highest BCUT2D eigenvalue weighted by molar-refractivity contribution is 7.91. The minimum atomic E-state index is -1.17. The van der Waals surface area contributed by atoms with Crippen molar-refractivity contribution < 1.29 is 14.5 Å². The summed E-state index contributed by atoms with van der Waals surface area (Å²) in [5, 5.41) is 16.5. The maximum Gasteiger partial charge on any atom is 0.234 e. The molecule has 1 amide bonds. The van der Waals surface area contributed by atoms with Crippen LogP contribution in [0.4, 0.5) is 17.5 Å². The van der Waals surface area contributed by atoms with Gasteiger partial charge in [0.15, 0.2) is 5.82 Å². The summed E-state index contributed by atoms with van der Waals surface area (Å²) in [7, 11) is 2.05. The Hall–Kier alpha value is -2.40. The molecular formula is C23H28N6O3S. The van der Waals surface area contributed by atoms with E-state index in [0.29, 0.717) is 48.5 Å². The molecule has 0 bridgehead atoms. The maximum absolute atomic E-state index is 13.5. The number of amides is 1. The summed E-state index contributed by atoms with van der Waals surface area (Å²) in [4.78, 5) is 27.4. The Kier molecular flexibility index (Phi) is 4.84. The first-order valence-corrected chi connectivity index (χ1v) is 12.8. The van der Waals surface area contributed by atoms with Crippen LogP contribution < -0.4 is 15.5 Å². The molecule has 1 aromatic carbocycles. The zero-order valence-corrected chi connectivity index (χ0v) is 19.5. The van der Waals surface area contributed by atoms with Crippen LogP contribution in [0.5, 0.6) is 0 Å². The van der Waals surface area contributed by atoms with Gasteiger partial charge in [-0.2, -0.15) is 4.98 Å². The van der Waals surface area contributed by atoms with Crippen LogP contribution in [0.2, 0.25) is 0 Å². The molecular weight excluding hydrogens is 440 g/mol. The molecule has 1 aliphatic carbocycles. The fourth-order valence-corrected chi connectivity index (χ4v) is 6.65. The van der Waals surface area contributed by atoms with E-state index in [-0.39, 0.29) is 18.1 Å². The van der Waals surface area contributed by atoms with Crippen molar-refractivity contribution in [2.75, 3.05) is 48.2 Å². The molecule has 9 nitrogen and oxygen atoms in total. The maximum atomic E-state index is 13.5. The Balaban J connectivity index is 1.33. The van der Waals surface area contributed by atoms with Crippen LogP contribution in [-0.2, 0) is 27.9 Å². The molecule has 10 heteroatoms.